The number of hydrogen-bond acceptors (Lipinski definition) is 1. The van der Waals surface area contributed by atoms with E-state index in [-0.39, 0.29) is 5.78 Å². The lowest BCUT2D eigenvalue weighted by molar-refractivity contribution is 0.105. The fourth-order valence-electron chi connectivity index (χ4n) is 3.00. The predicted octanol–water partition coefficient (Wildman–Crippen LogP) is 5.89. The van der Waals surface area contributed by atoms with Gasteiger partial charge in [-0.1, -0.05) is 78.9 Å². The molecule has 114 valence electrons. The van der Waals surface area contributed by atoms with E-state index in [1.807, 2.05) is 30.3 Å². The maximum atomic E-state index is 11.0. The number of carbonyl (C=O) groups excluding carboxylic acids is 1. The minimum atomic E-state index is 0.121. The van der Waals surface area contributed by atoms with Crippen LogP contribution in [0.1, 0.15) is 15.9 Å². The molecule has 0 fully saturated rings. The van der Waals surface area contributed by atoms with Crippen molar-refractivity contribution in [2.24, 2.45) is 0 Å². The van der Waals surface area contributed by atoms with Crippen molar-refractivity contribution in [2.75, 3.05) is 0 Å². The highest BCUT2D eigenvalue weighted by molar-refractivity contribution is 6.13. The Kier molecular flexibility index (Phi) is 3.68. The van der Waals surface area contributed by atoms with Crippen LogP contribution in [0, 0.1) is 0 Å². The van der Waals surface area contributed by atoms with Gasteiger partial charge in [0.2, 0.25) is 0 Å². The van der Waals surface area contributed by atoms with Crippen molar-refractivity contribution in [1.29, 1.82) is 0 Å². The zero-order valence-corrected chi connectivity index (χ0v) is 13.1. The van der Waals surface area contributed by atoms with Gasteiger partial charge in [0.1, 0.15) is 0 Å². The average molecular weight is 308 g/mol. The molecular formula is C23H16O. The van der Waals surface area contributed by atoms with E-state index in [1.165, 1.54) is 21.5 Å². The molecule has 0 unspecified atom stereocenters. The van der Waals surface area contributed by atoms with E-state index in [1.54, 1.807) is 6.08 Å². The fourth-order valence-corrected chi connectivity index (χ4v) is 3.00. The molecule has 1 aliphatic rings. The van der Waals surface area contributed by atoms with E-state index in [2.05, 4.69) is 60.7 Å². The minimum absolute atomic E-state index is 0.121. The van der Waals surface area contributed by atoms with Crippen LogP contribution in [-0.4, -0.2) is 5.78 Å². The van der Waals surface area contributed by atoms with Gasteiger partial charge in [-0.3, -0.25) is 4.79 Å². The van der Waals surface area contributed by atoms with Gasteiger partial charge in [-0.25, -0.2) is 0 Å². The Balaban J connectivity index is 0.000000129. The summed E-state index contributed by atoms with van der Waals surface area (Å²) in [5.41, 5.74) is 1.86. The first-order valence-corrected chi connectivity index (χ1v) is 8.00. The van der Waals surface area contributed by atoms with Crippen molar-refractivity contribution in [3.63, 3.8) is 0 Å². The van der Waals surface area contributed by atoms with Crippen LogP contribution in [0.2, 0.25) is 0 Å². The monoisotopic (exact) mass is 308 g/mol. The third kappa shape index (κ3) is 2.72. The molecular weight excluding hydrogens is 292 g/mol. The highest BCUT2D eigenvalue weighted by Gasteiger charge is 2.10. The fraction of sp³-hybridized carbons (Fsp3) is 0. The van der Waals surface area contributed by atoms with Crippen LogP contribution >= 0.6 is 0 Å². The molecule has 0 radical (unpaired) electrons. The number of rotatable bonds is 0. The van der Waals surface area contributed by atoms with Crippen LogP contribution in [0.25, 0.3) is 27.6 Å². The topological polar surface area (TPSA) is 17.1 Å². The second-order valence-electron chi connectivity index (χ2n) is 5.83. The standard InChI is InChI=1S/C14H10.C9H6O/c1-2-6-12-10-14-8-4-3-7-13(14)9-11(12)5-1;10-9-6-5-7-3-1-2-4-8(7)9/h1-10H;1-6H. The molecule has 4 aromatic rings. The molecule has 1 heteroatoms. The van der Waals surface area contributed by atoms with Gasteiger partial charge < -0.3 is 0 Å². The number of fused-ring (bicyclic) bond motifs is 3. The molecule has 0 saturated carbocycles. The molecule has 1 aliphatic carbocycles. The molecule has 0 N–H and O–H groups in total. The Morgan fingerprint density at radius 2 is 0.958 bits per heavy atom. The summed E-state index contributed by atoms with van der Waals surface area (Å²) in [5.74, 6) is 0.121. The molecule has 0 aliphatic heterocycles. The first-order valence-electron chi connectivity index (χ1n) is 8.00. The lowest BCUT2D eigenvalue weighted by Crippen LogP contribution is -1.89. The number of benzene rings is 4. The van der Waals surface area contributed by atoms with Crippen LogP contribution in [-0.2, 0) is 0 Å². The molecule has 0 saturated heterocycles. The van der Waals surface area contributed by atoms with Crippen molar-refractivity contribution in [3.05, 3.63) is 102 Å². The van der Waals surface area contributed by atoms with E-state index in [0.717, 1.165) is 11.1 Å². The summed E-state index contributed by atoms with van der Waals surface area (Å²) in [4.78, 5) is 11.0. The molecule has 5 rings (SSSR count). The SMILES string of the molecule is O=C1C=Cc2ccccc21.c1ccc2cc3ccccc3cc2c1. The summed E-state index contributed by atoms with van der Waals surface area (Å²) in [5, 5.41) is 5.25. The van der Waals surface area contributed by atoms with Gasteiger partial charge in [0.15, 0.2) is 5.78 Å². The summed E-state index contributed by atoms with van der Waals surface area (Å²) in [6, 6.07) is 29.0. The van der Waals surface area contributed by atoms with Gasteiger partial charge in [-0.05, 0) is 45.3 Å². The van der Waals surface area contributed by atoms with Crippen molar-refractivity contribution < 1.29 is 4.79 Å². The van der Waals surface area contributed by atoms with E-state index >= 15 is 0 Å². The predicted molar refractivity (Wildman–Crippen MR) is 101 cm³/mol. The Bertz CT molecular complexity index is 968. The Hall–Kier alpha value is -3.19. The maximum Gasteiger partial charge on any atom is 0.186 e. The third-order valence-electron chi connectivity index (χ3n) is 4.25. The van der Waals surface area contributed by atoms with Crippen LogP contribution in [0.15, 0.2) is 91.0 Å². The zero-order chi connectivity index (χ0) is 16.4. The van der Waals surface area contributed by atoms with E-state index in [0.29, 0.717) is 0 Å². The summed E-state index contributed by atoms with van der Waals surface area (Å²) in [6.07, 6.45) is 3.45. The van der Waals surface area contributed by atoms with Crippen LogP contribution in [0.4, 0.5) is 0 Å². The average Bonchev–Trinajstić information content (AvgIpc) is 3.02. The van der Waals surface area contributed by atoms with E-state index in [4.69, 9.17) is 0 Å². The van der Waals surface area contributed by atoms with Gasteiger partial charge in [0, 0.05) is 5.56 Å². The van der Waals surface area contributed by atoms with Crippen LogP contribution in [0.5, 0.6) is 0 Å². The molecule has 1 nitrogen and oxygen atoms in total. The van der Waals surface area contributed by atoms with Gasteiger partial charge >= 0.3 is 0 Å². The van der Waals surface area contributed by atoms with Crippen molar-refractivity contribution in [3.8, 4) is 0 Å². The first-order chi connectivity index (χ1) is 11.8. The maximum absolute atomic E-state index is 11.0. The van der Waals surface area contributed by atoms with Crippen LogP contribution < -0.4 is 0 Å². The molecule has 4 aromatic carbocycles. The van der Waals surface area contributed by atoms with Gasteiger partial charge in [0.05, 0.1) is 0 Å². The normalized spacial score (nSPS) is 12.1. The lowest BCUT2D eigenvalue weighted by Gasteiger charge is -2.00. The second-order valence-corrected chi connectivity index (χ2v) is 5.83. The minimum Gasteiger partial charge on any atom is -0.289 e. The lowest BCUT2D eigenvalue weighted by atomic mass is 10.0. The zero-order valence-electron chi connectivity index (χ0n) is 13.1. The summed E-state index contributed by atoms with van der Waals surface area (Å²) < 4.78 is 0. The van der Waals surface area contributed by atoms with Gasteiger partial charge in [-0.2, -0.15) is 0 Å². The molecule has 0 atom stereocenters. The Morgan fingerprint density at radius 1 is 0.500 bits per heavy atom. The number of ketones is 1. The Morgan fingerprint density at radius 3 is 1.46 bits per heavy atom. The summed E-state index contributed by atoms with van der Waals surface area (Å²) in [7, 11) is 0. The number of allylic oxidation sites excluding steroid dienone is 1. The van der Waals surface area contributed by atoms with Crippen molar-refractivity contribution in [2.45, 2.75) is 0 Å². The van der Waals surface area contributed by atoms with Gasteiger partial charge in [-0.15, -0.1) is 0 Å². The van der Waals surface area contributed by atoms with E-state index < -0.39 is 0 Å². The molecule has 0 heterocycles. The van der Waals surface area contributed by atoms with E-state index in [9.17, 15) is 4.79 Å². The Labute approximate surface area is 140 Å². The quantitative estimate of drug-likeness (QED) is 0.370. The molecule has 0 aromatic heterocycles. The van der Waals surface area contributed by atoms with Gasteiger partial charge in [0.25, 0.3) is 0 Å². The van der Waals surface area contributed by atoms with Crippen molar-refractivity contribution >= 4 is 33.4 Å². The highest BCUT2D eigenvalue weighted by atomic mass is 16.1. The molecule has 0 spiro atoms. The number of hydrogen-bond donors (Lipinski definition) is 0. The van der Waals surface area contributed by atoms with Crippen molar-refractivity contribution in [1.82, 2.24) is 0 Å². The summed E-state index contributed by atoms with van der Waals surface area (Å²) in [6.45, 7) is 0. The smallest absolute Gasteiger partial charge is 0.186 e. The second kappa shape index (κ2) is 6.13. The molecule has 0 amide bonds. The first kappa shape index (κ1) is 14.4. The van der Waals surface area contributed by atoms with Crippen LogP contribution in [0.3, 0.4) is 0 Å². The molecule has 24 heavy (non-hydrogen) atoms. The third-order valence-corrected chi connectivity index (χ3v) is 4.25. The number of carbonyl (C=O) groups is 1. The largest absolute Gasteiger partial charge is 0.289 e. The highest BCUT2D eigenvalue weighted by Crippen LogP contribution is 2.22. The summed E-state index contributed by atoms with van der Waals surface area (Å²) >= 11 is 0. The molecule has 0 bridgehead atoms.